The van der Waals surface area contributed by atoms with E-state index in [9.17, 15) is 41.7 Å². The van der Waals surface area contributed by atoms with E-state index in [1.165, 1.54) is 18.2 Å². The summed E-state index contributed by atoms with van der Waals surface area (Å²) < 4.78 is 38.4. The third-order valence-corrected chi connectivity index (χ3v) is 7.21. The SMILES string of the molecule is O=C(CCN1C(=O)C=CC1=O)Nc1ccc2c(c1)C(OC(=O)ON1C(=O)CCC1=O)c1cc(S(=O)(=O)O)ccc1-2. The molecule has 3 aliphatic rings. The highest BCUT2D eigenvalue weighted by Crippen LogP contribution is 2.47. The van der Waals surface area contributed by atoms with Crippen molar-refractivity contribution in [3.63, 3.8) is 0 Å². The van der Waals surface area contributed by atoms with E-state index in [2.05, 4.69) is 5.32 Å². The van der Waals surface area contributed by atoms with Crippen LogP contribution in [0.4, 0.5) is 10.5 Å². The number of amides is 5. The molecule has 40 heavy (non-hydrogen) atoms. The van der Waals surface area contributed by atoms with Gasteiger partial charge in [0.15, 0.2) is 6.10 Å². The van der Waals surface area contributed by atoms with Crippen molar-refractivity contribution in [1.82, 2.24) is 9.96 Å². The summed E-state index contributed by atoms with van der Waals surface area (Å²) >= 11 is 0. The van der Waals surface area contributed by atoms with Gasteiger partial charge in [-0.05, 0) is 35.4 Å². The Bertz CT molecular complexity index is 1610. The quantitative estimate of drug-likeness (QED) is 0.279. The van der Waals surface area contributed by atoms with Crippen molar-refractivity contribution in [2.45, 2.75) is 30.3 Å². The molecule has 1 saturated heterocycles. The van der Waals surface area contributed by atoms with Gasteiger partial charge < -0.3 is 10.1 Å². The minimum atomic E-state index is -4.62. The second-order valence-corrected chi connectivity index (χ2v) is 10.3. The van der Waals surface area contributed by atoms with Gasteiger partial charge in [0, 0.05) is 54.8 Å². The fraction of sp³-hybridized carbons (Fsp3) is 0.200. The topological polar surface area (TPSA) is 194 Å². The van der Waals surface area contributed by atoms with E-state index in [4.69, 9.17) is 9.57 Å². The highest BCUT2D eigenvalue weighted by Gasteiger charge is 2.37. The Balaban J connectivity index is 1.39. The third-order valence-electron chi connectivity index (χ3n) is 6.36. The molecule has 5 amide bonds. The number of hydrogen-bond donors (Lipinski definition) is 2. The van der Waals surface area contributed by atoms with Crippen molar-refractivity contribution in [3.05, 3.63) is 59.7 Å². The van der Waals surface area contributed by atoms with Crippen molar-refractivity contribution in [2.24, 2.45) is 0 Å². The lowest BCUT2D eigenvalue weighted by molar-refractivity contribution is -0.178. The summed E-state index contributed by atoms with van der Waals surface area (Å²) in [6, 6.07) is 8.23. The summed E-state index contributed by atoms with van der Waals surface area (Å²) in [5, 5.41) is 2.91. The number of imide groups is 2. The van der Waals surface area contributed by atoms with Crippen LogP contribution in [0.3, 0.4) is 0 Å². The van der Waals surface area contributed by atoms with E-state index in [0.717, 1.165) is 29.2 Å². The molecule has 0 bridgehead atoms. The average Bonchev–Trinajstić information content (AvgIpc) is 3.50. The van der Waals surface area contributed by atoms with Gasteiger partial charge in [-0.25, -0.2) is 4.79 Å². The molecule has 1 atom stereocenters. The number of ether oxygens (including phenoxy) is 1. The van der Waals surface area contributed by atoms with E-state index in [0.29, 0.717) is 16.7 Å². The molecule has 15 heteroatoms. The average molecular weight is 570 g/mol. The summed E-state index contributed by atoms with van der Waals surface area (Å²) in [5.74, 6) is -3.05. The van der Waals surface area contributed by atoms with Gasteiger partial charge in [-0.2, -0.15) is 8.42 Å². The molecule has 0 spiro atoms. The Labute approximate surface area is 225 Å². The largest absolute Gasteiger partial charge is 0.534 e. The molecule has 1 fully saturated rings. The van der Waals surface area contributed by atoms with Crippen LogP contribution in [0.2, 0.25) is 0 Å². The van der Waals surface area contributed by atoms with Gasteiger partial charge >= 0.3 is 6.16 Å². The Morgan fingerprint density at radius 3 is 2.15 bits per heavy atom. The van der Waals surface area contributed by atoms with Gasteiger partial charge in [-0.1, -0.05) is 17.2 Å². The first kappa shape index (κ1) is 26.7. The summed E-state index contributed by atoms with van der Waals surface area (Å²) in [7, 11) is -4.62. The zero-order valence-corrected chi connectivity index (χ0v) is 21.2. The summed E-state index contributed by atoms with van der Waals surface area (Å²) in [6.45, 7) is -0.142. The number of hydrogen-bond acceptors (Lipinski definition) is 10. The Hall–Kier alpha value is -4.89. The van der Waals surface area contributed by atoms with Gasteiger partial charge in [-0.3, -0.25) is 38.3 Å². The molecule has 0 radical (unpaired) electrons. The minimum Gasteiger partial charge on any atom is -0.420 e. The van der Waals surface area contributed by atoms with Gasteiger partial charge in [0.05, 0.1) is 4.90 Å². The zero-order chi connectivity index (χ0) is 28.8. The van der Waals surface area contributed by atoms with Gasteiger partial charge in [0.25, 0.3) is 33.7 Å². The van der Waals surface area contributed by atoms with Crippen LogP contribution in [0, 0.1) is 0 Å². The summed E-state index contributed by atoms with van der Waals surface area (Å²) in [6.07, 6.45) is -1.00. The predicted molar refractivity (Wildman–Crippen MR) is 131 cm³/mol. The van der Waals surface area contributed by atoms with Crippen LogP contribution in [0.1, 0.15) is 36.5 Å². The standard InChI is InChI=1S/C25H19N3O11S/c29-19(9-10-27-20(30)5-6-21(27)31)26-13-1-3-15-16-4-2-14(40(35,36)37)12-18(16)24(17(15)11-13)38-25(34)39-28-22(32)7-8-23(28)33/h1-6,11-12,24H,7-10H2,(H,26,29)(H,35,36,37). The lowest BCUT2D eigenvalue weighted by Gasteiger charge is -2.18. The van der Waals surface area contributed by atoms with Crippen LogP contribution in [-0.2, 0) is 43.7 Å². The molecule has 0 aromatic heterocycles. The van der Waals surface area contributed by atoms with Gasteiger partial charge in [0.1, 0.15) is 0 Å². The molecule has 206 valence electrons. The van der Waals surface area contributed by atoms with Crippen LogP contribution >= 0.6 is 0 Å². The van der Waals surface area contributed by atoms with Crippen LogP contribution < -0.4 is 5.32 Å². The van der Waals surface area contributed by atoms with Gasteiger partial charge in [0.2, 0.25) is 5.91 Å². The van der Waals surface area contributed by atoms with E-state index in [-0.39, 0.29) is 42.1 Å². The number of anilines is 1. The lowest BCUT2D eigenvalue weighted by atomic mass is 10.1. The fourth-order valence-electron chi connectivity index (χ4n) is 4.50. The molecule has 1 aliphatic carbocycles. The molecule has 0 saturated carbocycles. The second kappa shape index (κ2) is 10.0. The normalized spacial score (nSPS) is 17.8. The smallest absolute Gasteiger partial charge is 0.420 e. The molecular formula is C25H19N3O11S. The maximum absolute atomic E-state index is 12.6. The third kappa shape index (κ3) is 5.06. The first-order valence-electron chi connectivity index (χ1n) is 11.8. The Kier molecular flexibility index (Phi) is 6.69. The number of carbonyl (C=O) groups is 6. The molecule has 2 aromatic rings. The summed E-state index contributed by atoms with van der Waals surface area (Å²) in [4.78, 5) is 77.4. The maximum atomic E-state index is 12.6. The molecule has 2 N–H and O–H groups in total. The van der Waals surface area contributed by atoms with Crippen LogP contribution in [-0.4, -0.2) is 65.2 Å². The molecular weight excluding hydrogens is 550 g/mol. The highest BCUT2D eigenvalue weighted by atomic mass is 32.2. The molecule has 1 unspecified atom stereocenters. The van der Waals surface area contributed by atoms with Crippen molar-refractivity contribution in [2.75, 3.05) is 11.9 Å². The Morgan fingerprint density at radius 2 is 1.52 bits per heavy atom. The first-order chi connectivity index (χ1) is 18.9. The number of nitrogens with zero attached hydrogens (tertiary/aromatic N) is 2. The van der Waals surface area contributed by atoms with Crippen molar-refractivity contribution >= 4 is 51.5 Å². The maximum Gasteiger partial charge on any atom is 0.534 e. The second-order valence-electron chi connectivity index (χ2n) is 8.91. The monoisotopic (exact) mass is 569 g/mol. The highest BCUT2D eigenvalue weighted by molar-refractivity contribution is 7.85. The minimum absolute atomic E-state index is 0.140. The van der Waals surface area contributed by atoms with Crippen LogP contribution in [0.15, 0.2) is 53.4 Å². The molecule has 2 aromatic carbocycles. The number of nitrogens with one attached hydrogen (secondary N) is 1. The van der Waals surface area contributed by atoms with E-state index in [1.807, 2.05) is 0 Å². The van der Waals surface area contributed by atoms with E-state index in [1.54, 1.807) is 6.07 Å². The lowest BCUT2D eigenvalue weighted by Crippen LogP contribution is -2.33. The van der Waals surface area contributed by atoms with Gasteiger partial charge in [-0.15, -0.1) is 0 Å². The molecule has 2 aliphatic heterocycles. The van der Waals surface area contributed by atoms with Crippen LogP contribution in [0.25, 0.3) is 11.1 Å². The zero-order valence-electron chi connectivity index (χ0n) is 20.4. The van der Waals surface area contributed by atoms with E-state index < -0.39 is 56.8 Å². The van der Waals surface area contributed by atoms with Crippen molar-refractivity contribution in [3.8, 4) is 11.1 Å². The Morgan fingerprint density at radius 1 is 0.925 bits per heavy atom. The predicted octanol–water partition coefficient (Wildman–Crippen LogP) is 1.47. The number of carbonyl (C=O) groups excluding carboxylic acids is 6. The van der Waals surface area contributed by atoms with Crippen molar-refractivity contribution in [1.29, 1.82) is 0 Å². The van der Waals surface area contributed by atoms with Crippen LogP contribution in [0.5, 0.6) is 0 Å². The first-order valence-corrected chi connectivity index (χ1v) is 13.2. The van der Waals surface area contributed by atoms with Crippen molar-refractivity contribution < 1.29 is 51.3 Å². The number of hydroxylamine groups is 2. The molecule has 2 heterocycles. The summed E-state index contributed by atoms with van der Waals surface area (Å²) in [5.41, 5.74) is 1.65. The molecule has 5 rings (SSSR count). The number of rotatable bonds is 7. The van der Waals surface area contributed by atoms with E-state index >= 15 is 0 Å². The fourth-order valence-corrected chi connectivity index (χ4v) is 5.02. The molecule has 14 nitrogen and oxygen atoms in total. The number of benzene rings is 2. The number of fused-ring (bicyclic) bond motifs is 3.